The van der Waals surface area contributed by atoms with Crippen molar-refractivity contribution >= 4 is 23.4 Å². The monoisotopic (exact) mass is 328 g/mol. The summed E-state index contributed by atoms with van der Waals surface area (Å²) < 4.78 is 13.3. The first-order valence-corrected chi connectivity index (χ1v) is 7.46. The Labute approximate surface area is 133 Å². The molecular weight excluding hydrogens is 311 g/mol. The first-order chi connectivity index (χ1) is 10.4. The number of likely N-dealkylation sites (tertiary alicyclic amines) is 1. The van der Waals surface area contributed by atoms with Crippen LogP contribution >= 0.6 is 11.6 Å². The highest BCUT2D eigenvalue weighted by molar-refractivity contribution is 6.30. The summed E-state index contributed by atoms with van der Waals surface area (Å²) in [6.45, 7) is 1.94. The predicted molar refractivity (Wildman–Crippen MR) is 79.8 cm³/mol. The van der Waals surface area contributed by atoms with Crippen molar-refractivity contribution in [3.63, 3.8) is 0 Å². The van der Waals surface area contributed by atoms with E-state index in [0.29, 0.717) is 18.5 Å². The molecule has 120 valence electrons. The van der Waals surface area contributed by atoms with Gasteiger partial charge in [-0.3, -0.25) is 9.59 Å². The summed E-state index contributed by atoms with van der Waals surface area (Å²) in [5.74, 6) is -1.07. The highest BCUT2D eigenvalue weighted by atomic mass is 35.5. The third kappa shape index (κ3) is 3.75. The molecule has 7 heteroatoms. The van der Waals surface area contributed by atoms with Gasteiger partial charge in [0.15, 0.2) is 0 Å². The van der Waals surface area contributed by atoms with Crippen molar-refractivity contribution in [1.29, 1.82) is 0 Å². The van der Waals surface area contributed by atoms with E-state index in [4.69, 9.17) is 11.6 Å². The Morgan fingerprint density at radius 2 is 2.27 bits per heavy atom. The summed E-state index contributed by atoms with van der Waals surface area (Å²) in [7, 11) is 0. The molecule has 0 radical (unpaired) electrons. The van der Waals surface area contributed by atoms with Crippen molar-refractivity contribution in [3.05, 3.63) is 34.6 Å². The Kier molecular flexibility index (Phi) is 5.37. The number of amides is 2. The van der Waals surface area contributed by atoms with Crippen LogP contribution in [0, 0.1) is 5.82 Å². The molecule has 0 saturated carbocycles. The number of nitrogens with zero attached hydrogens (tertiary/aromatic N) is 1. The first kappa shape index (κ1) is 16.7. The second kappa shape index (κ2) is 7.07. The molecule has 0 bridgehead atoms. The fourth-order valence-electron chi connectivity index (χ4n) is 2.57. The van der Waals surface area contributed by atoms with E-state index < -0.39 is 18.0 Å². The Bertz CT molecular complexity index is 582. The van der Waals surface area contributed by atoms with Gasteiger partial charge in [-0.25, -0.2) is 4.39 Å². The van der Waals surface area contributed by atoms with Crippen LogP contribution < -0.4 is 5.32 Å². The van der Waals surface area contributed by atoms with Crippen LogP contribution in [-0.4, -0.2) is 41.0 Å². The zero-order chi connectivity index (χ0) is 16.3. The molecule has 2 unspecified atom stereocenters. The van der Waals surface area contributed by atoms with Gasteiger partial charge in [0.25, 0.3) is 0 Å². The van der Waals surface area contributed by atoms with Crippen LogP contribution in [0.5, 0.6) is 0 Å². The smallest absolute Gasteiger partial charge is 0.242 e. The number of aliphatic hydroxyl groups excluding tert-OH is 1. The van der Waals surface area contributed by atoms with Gasteiger partial charge in [0, 0.05) is 20.0 Å². The molecule has 1 saturated heterocycles. The number of hydrogen-bond donors (Lipinski definition) is 2. The van der Waals surface area contributed by atoms with Crippen LogP contribution in [0.4, 0.5) is 4.39 Å². The molecule has 0 aromatic heterocycles. The van der Waals surface area contributed by atoms with E-state index in [9.17, 15) is 19.1 Å². The average Bonchev–Trinajstić information content (AvgIpc) is 2.97. The number of carbonyl (C=O) groups excluding carboxylic acids is 2. The highest BCUT2D eigenvalue weighted by Crippen LogP contribution is 2.21. The fourth-order valence-corrected chi connectivity index (χ4v) is 2.69. The van der Waals surface area contributed by atoms with Crippen molar-refractivity contribution in [1.82, 2.24) is 10.2 Å². The molecule has 1 aromatic rings. The molecular formula is C15H18ClFN2O3. The van der Waals surface area contributed by atoms with Crippen molar-refractivity contribution in [3.8, 4) is 0 Å². The number of carbonyl (C=O) groups is 2. The molecule has 1 fully saturated rings. The van der Waals surface area contributed by atoms with E-state index in [1.807, 2.05) is 0 Å². The molecule has 5 nitrogen and oxygen atoms in total. The summed E-state index contributed by atoms with van der Waals surface area (Å²) in [5.41, 5.74) is 0.331. The Balaban J connectivity index is 1.93. The fraction of sp³-hybridized carbons (Fsp3) is 0.467. The molecule has 2 rings (SSSR count). The van der Waals surface area contributed by atoms with Crippen molar-refractivity contribution in [2.75, 3.05) is 13.1 Å². The van der Waals surface area contributed by atoms with Gasteiger partial charge < -0.3 is 15.3 Å². The third-order valence-electron chi connectivity index (χ3n) is 3.76. The van der Waals surface area contributed by atoms with Gasteiger partial charge in [0.2, 0.25) is 11.8 Å². The second-order valence-corrected chi connectivity index (χ2v) is 5.71. The number of benzene rings is 1. The zero-order valence-electron chi connectivity index (χ0n) is 12.2. The maximum absolute atomic E-state index is 13.3. The number of aliphatic hydroxyl groups is 1. The van der Waals surface area contributed by atoms with Crippen LogP contribution in [0.2, 0.25) is 5.02 Å². The minimum atomic E-state index is -1.04. The average molecular weight is 329 g/mol. The molecule has 2 atom stereocenters. The molecule has 2 amide bonds. The quantitative estimate of drug-likeness (QED) is 0.882. The topological polar surface area (TPSA) is 69.6 Å². The number of halogens is 2. The van der Waals surface area contributed by atoms with Gasteiger partial charge in [-0.1, -0.05) is 17.7 Å². The summed E-state index contributed by atoms with van der Waals surface area (Å²) in [4.78, 5) is 25.1. The van der Waals surface area contributed by atoms with Crippen molar-refractivity contribution in [2.45, 2.75) is 31.9 Å². The van der Waals surface area contributed by atoms with E-state index in [0.717, 1.165) is 12.5 Å². The second-order valence-electron chi connectivity index (χ2n) is 5.30. The first-order valence-electron chi connectivity index (χ1n) is 7.08. The number of hydrogen-bond acceptors (Lipinski definition) is 3. The van der Waals surface area contributed by atoms with E-state index >= 15 is 0 Å². The van der Waals surface area contributed by atoms with Crippen LogP contribution in [0.15, 0.2) is 18.2 Å². The number of rotatable bonds is 4. The summed E-state index contributed by atoms with van der Waals surface area (Å²) in [6.07, 6.45) is 0.350. The van der Waals surface area contributed by atoms with E-state index in [-0.39, 0.29) is 23.4 Å². The van der Waals surface area contributed by atoms with Gasteiger partial charge in [-0.2, -0.15) is 0 Å². The van der Waals surface area contributed by atoms with Gasteiger partial charge >= 0.3 is 0 Å². The summed E-state index contributed by atoms with van der Waals surface area (Å²) >= 11 is 5.58. The minimum Gasteiger partial charge on any atom is -0.387 e. The van der Waals surface area contributed by atoms with Crippen LogP contribution in [-0.2, 0) is 9.59 Å². The summed E-state index contributed by atoms with van der Waals surface area (Å²) in [5, 5.41) is 12.6. The maximum Gasteiger partial charge on any atom is 0.242 e. The molecule has 1 aromatic carbocycles. The normalized spacial score (nSPS) is 19.1. The van der Waals surface area contributed by atoms with E-state index in [1.165, 1.54) is 24.0 Å². The predicted octanol–water partition coefficient (Wildman–Crippen LogP) is 1.64. The lowest BCUT2D eigenvalue weighted by atomic mass is 10.1. The largest absolute Gasteiger partial charge is 0.387 e. The van der Waals surface area contributed by atoms with Gasteiger partial charge in [0.1, 0.15) is 11.9 Å². The molecule has 0 aliphatic carbocycles. The van der Waals surface area contributed by atoms with Crippen LogP contribution in [0.3, 0.4) is 0 Å². The standard InChI is InChI=1S/C15H18ClFN2O3/c1-9(20)19-6-2-3-13(19)15(22)18-8-14(21)10-4-5-11(16)12(17)7-10/h4-5,7,13-14,21H,2-3,6,8H2,1H3,(H,18,22). The lowest BCUT2D eigenvalue weighted by Gasteiger charge is -2.23. The van der Waals surface area contributed by atoms with Gasteiger partial charge in [0.05, 0.1) is 11.1 Å². The van der Waals surface area contributed by atoms with Crippen LogP contribution in [0.25, 0.3) is 0 Å². The minimum absolute atomic E-state index is 0.0250. The van der Waals surface area contributed by atoms with Crippen LogP contribution in [0.1, 0.15) is 31.4 Å². The Morgan fingerprint density at radius 3 is 2.91 bits per heavy atom. The van der Waals surface area contributed by atoms with Gasteiger partial charge in [-0.15, -0.1) is 0 Å². The molecule has 0 spiro atoms. The van der Waals surface area contributed by atoms with E-state index in [2.05, 4.69) is 5.32 Å². The molecule has 1 aliphatic heterocycles. The third-order valence-corrected chi connectivity index (χ3v) is 4.06. The zero-order valence-corrected chi connectivity index (χ0v) is 12.9. The lowest BCUT2D eigenvalue weighted by molar-refractivity contribution is -0.137. The molecule has 2 N–H and O–H groups in total. The lowest BCUT2D eigenvalue weighted by Crippen LogP contribution is -2.46. The highest BCUT2D eigenvalue weighted by Gasteiger charge is 2.32. The van der Waals surface area contributed by atoms with Gasteiger partial charge in [-0.05, 0) is 30.5 Å². The van der Waals surface area contributed by atoms with Crippen molar-refractivity contribution < 1.29 is 19.1 Å². The molecule has 1 aliphatic rings. The van der Waals surface area contributed by atoms with E-state index in [1.54, 1.807) is 0 Å². The molecule has 1 heterocycles. The maximum atomic E-state index is 13.3. The Morgan fingerprint density at radius 1 is 1.55 bits per heavy atom. The summed E-state index contributed by atoms with van der Waals surface area (Å²) in [6, 6.07) is 3.49. The number of nitrogens with one attached hydrogen (secondary N) is 1. The molecule has 22 heavy (non-hydrogen) atoms. The Hall–Kier alpha value is -1.66. The SMILES string of the molecule is CC(=O)N1CCCC1C(=O)NCC(O)c1ccc(Cl)c(F)c1. The van der Waals surface area contributed by atoms with Crippen molar-refractivity contribution in [2.24, 2.45) is 0 Å².